The first-order valence-corrected chi connectivity index (χ1v) is 9.60. The highest BCUT2D eigenvalue weighted by Crippen LogP contribution is 2.14. The number of carboxylic acid groups (broad SMARTS) is 1. The molecule has 1 atom stereocenters. The van der Waals surface area contributed by atoms with Crippen molar-refractivity contribution in [3.8, 4) is 0 Å². The molecule has 0 rings (SSSR count). The summed E-state index contributed by atoms with van der Waals surface area (Å²) >= 11 is 0. The van der Waals surface area contributed by atoms with Gasteiger partial charge in [0.05, 0.1) is 0 Å². The van der Waals surface area contributed by atoms with Gasteiger partial charge in [0.1, 0.15) is 6.10 Å². The zero-order valence-electron chi connectivity index (χ0n) is 14.9. The van der Waals surface area contributed by atoms with Crippen LogP contribution in [0.5, 0.6) is 0 Å². The molecular weight excluding hydrogens is 276 g/mol. The van der Waals surface area contributed by atoms with E-state index >= 15 is 0 Å². The second kappa shape index (κ2) is 16.6. The van der Waals surface area contributed by atoms with E-state index in [9.17, 15) is 4.79 Å². The van der Waals surface area contributed by atoms with Crippen molar-refractivity contribution in [2.45, 2.75) is 116 Å². The van der Waals surface area contributed by atoms with Crippen molar-refractivity contribution in [2.24, 2.45) is 0 Å². The fraction of sp³-hybridized carbons (Fsp3) is 0.947. The fourth-order valence-electron chi connectivity index (χ4n) is 2.88. The van der Waals surface area contributed by atoms with E-state index in [1.165, 1.54) is 77.0 Å². The van der Waals surface area contributed by atoms with Gasteiger partial charge >= 0.3 is 6.16 Å². The monoisotopic (exact) mass is 314 g/mol. The molecule has 0 aromatic rings. The highest BCUT2D eigenvalue weighted by atomic mass is 16.7. The summed E-state index contributed by atoms with van der Waals surface area (Å²) < 4.78 is 4.82. The smallest absolute Gasteiger partial charge is 0.450 e. The second-order valence-corrected chi connectivity index (χ2v) is 6.45. The second-order valence-electron chi connectivity index (χ2n) is 6.45. The van der Waals surface area contributed by atoms with Crippen LogP contribution in [0.15, 0.2) is 0 Å². The van der Waals surface area contributed by atoms with Crippen LogP contribution in [0.25, 0.3) is 0 Å². The first kappa shape index (κ1) is 21.3. The zero-order valence-corrected chi connectivity index (χ0v) is 14.9. The highest BCUT2D eigenvalue weighted by molar-refractivity contribution is 5.57. The predicted octanol–water partition coefficient (Wildman–Crippen LogP) is 6.94. The van der Waals surface area contributed by atoms with Crippen molar-refractivity contribution < 1.29 is 14.6 Å². The minimum Gasteiger partial charge on any atom is -0.450 e. The van der Waals surface area contributed by atoms with Gasteiger partial charge in [-0.25, -0.2) is 4.79 Å². The maximum Gasteiger partial charge on any atom is 0.506 e. The van der Waals surface area contributed by atoms with Crippen LogP contribution in [-0.4, -0.2) is 17.4 Å². The minimum atomic E-state index is -1.14. The molecule has 1 N–H and O–H groups in total. The molecule has 0 aliphatic rings. The van der Waals surface area contributed by atoms with Crippen molar-refractivity contribution >= 4 is 6.16 Å². The lowest BCUT2D eigenvalue weighted by Crippen LogP contribution is -2.15. The van der Waals surface area contributed by atoms with Gasteiger partial charge in [0.2, 0.25) is 0 Å². The number of hydrogen-bond donors (Lipinski definition) is 1. The molecule has 3 nitrogen and oxygen atoms in total. The van der Waals surface area contributed by atoms with Crippen LogP contribution in [-0.2, 0) is 4.74 Å². The van der Waals surface area contributed by atoms with Gasteiger partial charge in [-0.1, -0.05) is 90.9 Å². The van der Waals surface area contributed by atoms with Gasteiger partial charge in [-0.2, -0.15) is 0 Å². The van der Waals surface area contributed by atoms with Crippen molar-refractivity contribution in [2.75, 3.05) is 0 Å². The first-order valence-electron chi connectivity index (χ1n) is 9.60. The van der Waals surface area contributed by atoms with Crippen LogP contribution in [0.3, 0.4) is 0 Å². The Balaban J connectivity index is 3.18. The molecule has 0 saturated carbocycles. The third kappa shape index (κ3) is 15.7. The summed E-state index contributed by atoms with van der Waals surface area (Å²) in [6.45, 7) is 4.25. The third-order valence-corrected chi connectivity index (χ3v) is 4.35. The van der Waals surface area contributed by atoms with Crippen LogP contribution < -0.4 is 0 Å². The molecule has 0 spiro atoms. The summed E-state index contributed by atoms with van der Waals surface area (Å²) in [4.78, 5) is 10.5. The van der Waals surface area contributed by atoms with E-state index in [2.05, 4.69) is 6.92 Å². The normalized spacial score (nSPS) is 12.3. The molecule has 0 heterocycles. The highest BCUT2D eigenvalue weighted by Gasteiger charge is 2.10. The van der Waals surface area contributed by atoms with E-state index in [1.807, 2.05) is 6.92 Å². The number of carbonyl (C=O) groups is 1. The number of unbranched alkanes of at least 4 members (excludes halogenated alkanes) is 12. The molecule has 0 aliphatic carbocycles. The van der Waals surface area contributed by atoms with Gasteiger partial charge in [0.25, 0.3) is 0 Å². The van der Waals surface area contributed by atoms with Crippen LogP contribution >= 0.6 is 0 Å². The lowest BCUT2D eigenvalue weighted by Gasteiger charge is -2.13. The van der Waals surface area contributed by atoms with Crippen molar-refractivity contribution in [3.63, 3.8) is 0 Å². The van der Waals surface area contributed by atoms with Crippen LogP contribution in [0.2, 0.25) is 0 Å². The average molecular weight is 315 g/mol. The molecule has 1 unspecified atom stereocenters. The van der Waals surface area contributed by atoms with Crippen LogP contribution in [0.4, 0.5) is 4.79 Å². The van der Waals surface area contributed by atoms with Gasteiger partial charge in [-0.15, -0.1) is 0 Å². The molecule has 0 radical (unpaired) electrons. The van der Waals surface area contributed by atoms with E-state index in [-0.39, 0.29) is 6.10 Å². The number of rotatable bonds is 16. The molecule has 0 aromatic heterocycles. The SMILES string of the molecule is CCCCCCCCCCCCCCCC(CC)OC(=O)O. The van der Waals surface area contributed by atoms with Gasteiger partial charge < -0.3 is 9.84 Å². The lowest BCUT2D eigenvalue weighted by atomic mass is 10.0. The fourth-order valence-corrected chi connectivity index (χ4v) is 2.88. The maximum atomic E-state index is 10.5. The predicted molar refractivity (Wildman–Crippen MR) is 93.5 cm³/mol. The Morgan fingerprint density at radius 3 is 1.55 bits per heavy atom. The largest absolute Gasteiger partial charge is 0.506 e. The zero-order chi connectivity index (χ0) is 16.5. The average Bonchev–Trinajstić information content (AvgIpc) is 2.50. The Labute approximate surface area is 137 Å². The molecule has 0 fully saturated rings. The van der Waals surface area contributed by atoms with E-state index in [0.29, 0.717) is 0 Å². The molecule has 132 valence electrons. The maximum absolute atomic E-state index is 10.5. The Hall–Kier alpha value is -0.730. The quantitative estimate of drug-likeness (QED) is 0.248. The summed E-state index contributed by atoms with van der Waals surface area (Å²) in [6, 6.07) is 0. The first-order chi connectivity index (χ1) is 10.7. The molecule has 0 aromatic carbocycles. The molecule has 3 heteroatoms. The van der Waals surface area contributed by atoms with Gasteiger partial charge in [-0.05, 0) is 19.3 Å². The summed E-state index contributed by atoms with van der Waals surface area (Å²) in [7, 11) is 0. The molecular formula is C19H38O3. The summed E-state index contributed by atoms with van der Waals surface area (Å²) in [6.07, 6.45) is 17.9. The minimum absolute atomic E-state index is 0.106. The van der Waals surface area contributed by atoms with E-state index in [4.69, 9.17) is 9.84 Å². The Morgan fingerprint density at radius 2 is 1.18 bits per heavy atom. The number of ether oxygens (including phenoxy) is 1. The topological polar surface area (TPSA) is 46.5 Å². The Morgan fingerprint density at radius 1 is 0.773 bits per heavy atom. The molecule has 22 heavy (non-hydrogen) atoms. The third-order valence-electron chi connectivity index (χ3n) is 4.35. The van der Waals surface area contributed by atoms with Crippen molar-refractivity contribution in [1.82, 2.24) is 0 Å². The Kier molecular flexibility index (Phi) is 16.1. The number of hydrogen-bond acceptors (Lipinski definition) is 2. The lowest BCUT2D eigenvalue weighted by molar-refractivity contribution is 0.0454. The van der Waals surface area contributed by atoms with E-state index < -0.39 is 6.16 Å². The van der Waals surface area contributed by atoms with Crippen molar-refractivity contribution in [1.29, 1.82) is 0 Å². The van der Waals surface area contributed by atoms with E-state index in [1.54, 1.807) is 0 Å². The van der Waals surface area contributed by atoms with Crippen LogP contribution in [0, 0.1) is 0 Å². The molecule has 0 saturated heterocycles. The van der Waals surface area contributed by atoms with Gasteiger partial charge in [0, 0.05) is 0 Å². The van der Waals surface area contributed by atoms with Crippen molar-refractivity contribution in [3.05, 3.63) is 0 Å². The summed E-state index contributed by atoms with van der Waals surface area (Å²) in [5.41, 5.74) is 0. The molecule has 0 aliphatic heterocycles. The Bertz CT molecular complexity index is 241. The molecule has 0 amide bonds. The summed E-state index contributed by atoms with van der Waals surface area (Å²) in [5.74, 6) is 0. The van der Waals surface area contributed by atoms with E-state index in [0.717, 1.165) is 19.3 Å². The molecule has 0 bridgehead atoms. The van der Waals surface area contributed by atoms with Gasteiger partial charge in [-0.3, -0.25) is 0 Å². The summed E-state index contributed by atoms with van der Waals surface area (Å²) in [5, 5.41) is 8.60. The standard InChI is InChI=1S/C19H38O3/c1-3-5-6-7-8-9-10-11-12-13-14-15-16-17-18(4-2)22-19(20)21/h18H,3-17H2,1-2H3,(H,20,21). The van der Waals surface area contributed by atoms with Gasteiger partial charge in [0.15, 0.2) is 0 Å². The van der Waals surface area contributed by atoms with Crippen LogP contribution in [0.1, 0.15) is 110 Å².